The molecular formula is C16H15ClF2N2O5. The van der Waals surface area contributed by atoms with E-state index < -0.39 is 47.8 Å². The lowest BCUT2D eigenvalue weighted by atomic mass is 10.0. The fourth-order valence-corrected chi connectivity index (χ4v) is 2.52. The summed E-state index contributed by atoms with van der Waals surface area (Å²) in [5, 5.41) is 4.50. The van der Waals surface area contributed by atoms with Crippen molar-refractivity contribution >= 4 is 29.6 Å². The molecule has 0 saturated heterocycles. The van der Waals surface area contributed by atoms with Crippen molar-refractivity contribution in [2.24, 2.45) is 0 Å². The van der Waals surface area contributed by atoms with Crippen molar-refractivity contribution in [3.63, 3.8) is 0 Å². The van der Waals surface area contributed by atoms with Crippen LogP contribution in [0.2, 0.25) is 5.02 Å². The Morgan fingerprint density at radius 1 is 1.19 bits per heavy atom. The number of amides is 2. The van der Waals surface area contributed by atoms with Gasteiger partial charge < -0.3 is 20.1 Å². The zero-order chi connectivity index (χ0) is 19.4. The molecule has 1 atom stereocenters. The first-order valence-electron chi connectivity index (χ1n) is 7.53. The third-order valence-corrected chi connectivity index (χ3v) is 3.76. The second kappa shape index (κ2) is 8.13. The van der Waals surface area contributed by atoms with Gasteiger partial charge in [0.25, 0.3) is 0 Å². The molecule has 1 aliphatic rings. The molecule has 140 valence electrons. The number of hydrogen-bond donors (Lipinski definition) is 2. The first kappa shape index (κ1) is 19.6. The molecule has 2 N–H and O–H groups in total. The summed E-state index contributed by atoms with van der Waals surface area (Å²) in [6.45, 7) is 2.78. The molecule has 0 saturated carbocycles. The van der Waals surface area contributed by atoms with E-state index in [4.69, 9.17) is 21.1 Å². The summed E-state index contributed by atoms with van der Waals surface area (Å²) in [5.41, 5.74) is -0.292. The number of benzene rings is 1. The lowest BCUT2D eigenvalue weighted by Gasteiger charge is -2.26. The minimum atomic E-state index is -1.27. The topological polar surface area (TPSA) is 93.7 Å². The molecule has 2 rings (SSSR count). The van der Waals surface area contributed by atoms with Crippen LogP contribution in [0.15, 0.2) is 23.4 Å². The smallest absolute Gasteiger partial charge is 0.340 e. The quantitative estimate of drug-likeness (QED) is 0.596. The number of esters is 2. The van der Waals surface area contributed by atoms with Gasteiger partial charge in [-0.1, -0.05) is 11.6 Å². The second-order valence-corrected chi connectivity index (χ2v) is 5.66. The van der Waals surface area contributed by atoms with E-state index in [9.17, 15) is 23.2 Å². The second-order valence-electron chi connectivity index (χ2n) is 5.26. The highest BCUT2D eigenvalue weighted by Crippen LogP contribution is 2.21. The van der Waals surface area contributed by atoms with E-state index in [1.54, 1.807) is 13.8 Å². The minimum absolute atomic E-state index is 0.0201. The van der Waals surface area contributed by atoms with E-state index in [0.717, 1.165) is 0 Å². The fraction of sp³-hybridized carbons (Fsp3) is 0.312. The van der Waals surface area contributed by atoms with Crippen LogP contribution in [0.25, 0.3) is 0 Å². The van der Waals surface area contributed by atoms with Gasteiger partial charge in [-0.05, 0) is 26.0 Å². The SMILES string of the molecule is CCOC(=O)C1=C(COC(=O)c2cc(F)c(F)cc2Cl)NC(=O)N[C@@H]1C. The summed E-state index contributed by atoms with van der Waals surface area (Å²) < 4.78 is 36.3. The number of urea groups is 1. The van der Waals surface area contributed by atoms with Gasteiger partial charge in [0.1, 0.15) is 6.61 Å². The zero-order valence-electron chi connectivity index (χ0n) is 13.8. The molecule has 0 unspecified atom stereocenters. The van der Waals surface area contributed by atoms with Crippen LogP contribution in [0, 0.1) is 11.6 Å². The molecule has 7 nitrogen and oxygen atoms in total. The summed E-state index contributed by atoms with van der Waals surface area (Å²) in [6.07, 6.45) is 0. The van der Waals surface area contributed by atoms with Gasteiger partial charge in [-0.15, -0.1) is 0 Å². The van der Waals surface area contributed by atoms with Crippen LogP contribution in [0.4, 0.5) is 13.6 Å². The average molecular weight is 389 g/mol. The molecule has 2 amide bonds. The Morgan fingerprint density at radius 3 is 2.50 bits per heavy atom. The highest BCUT2D eigenvalue weighted by Gasteiger charge is 2.30. The average Bonchev–Trinajstić information content (AvgIpc) is 2.55. The van der Waals surface area contributed by atoms with E-state index in [0.29, 0.717) is 12.1 Å². The lowest BCUT2D eigenvalue weighted by Crippen LogP contribution is -2.50. The Morgan fingerprint density at radius 2 is 1.85 bits per heavy atom. The summed E-state index contributed by atoms with van der Waals surface area (Å²) >= 11 is 5.71. The van der Waals surface area contributed by atoms with Crippen LogP contribution in [0.3, 0.4) is 0 Å². The number of halogens is 3. The molecule has 0 spiro atoms. The van der Waals surface area contributed by atoms with E-state index >= 15 is 0 Å². The van der Waals surface area contributed by atoms with Crippen LogP contribution in [0.5, 0.6) is 0 Å². The predicted molar refractivity (Wildman–Crippen MR) is 86.4 cm³/mol. The van der Waals surface area contributed by atoms with Crippen LogP contribution >= 0.6 is 11.6 Å². The third kappa shape index (κ3) is 4.29. The Kier molecular flexibility index (Phi) is 6.14. The summed E-state index contributed by atoms with van der Waals surface area (Å²) in [6, 6.07) is -0.0269. The van der Waals surface area contributed by atoms with E-state index in [2.05, 4.69) is 10.6 Å². The van der Waals surface area contributed by atoms with Gasteiger partial charge >= 0.3 is 18.0 Å². The van der Waals surface area contributed by atoms with Crippen molar-refractivity contribution in [2.45, 2.75) is 19.9 Å². The number of hydrogen-bond acceptors (Lipinski definition) is 5. The summed E-state index contributed by atoms with van der Waals surface area (Å²) in [5.74, 6) is -4.22. The van der Waals surface area contributed by atoms with Gasteiger partial charge in [-0.2, -0.15) is 0 Å². The molecule has 1 aliphatic heterocycles. The zero-order valence-corrected chi connectivity index (χ0v) is 14.6. The summed E-state index contributed by atoms with van der Waals surface area (Å²) in [7, 11) is 0. The lowest BCUT2D eigenvalue weighted by molar-refractivity contribution is -0.139. The summed E-state index contributed by atoms with van der Waals surface area (Å²) in [4.78, 5) is 35.7. The Hall–Kier alpha value is -2.68. The standard InChI is InChI=1S/C16H15ClF2N2O5/c1-3-25-15(23)13-7(2)20-16(24)21-12(13)6-26-14(22)8-4-10(18)11(19)5-9(8)17/h4-5,7H,3,6H2,1-2H3,(H2,20,21,24)/t7-/m1/s1. The van der Waals surface area contributed by atoms with Crippen molar-refractivity contribution in [3.8, 4) is 0 Å². The van der Waals surface area contributed by atoms with E-state index in [-0.39, 0.29) is 22.9 Å². The van der Waals surface area contributed by atoms with Crippen LogP contribution in [-0.2, 0) is 14.3 Å². The van der Waals surface area contributed by atoms with Gasteiger partial charge in [0.15, 0.2) is 11.6 Å². The molecule has 1 heterocycles. The van der Waals surface area contributed by atoms with Gasteiger partial charge in [-0.3, -0.25) is 0 Å². The normalized spacial score (nSPS) is 16.7. The third-order valence-electron chi connectivity index (χ3n) is 3.44. The molecule has 0 radical (unpaired) electrons. The number of carbonyl (C=O) groups is 3. The van der Waals surface area contributed by atoms with Crippen molar-refractivity contribution in [1.82, 2.24) is 10.6 Å². The number of carbonyl (C=O) groups excluding carboxylic acids is 3. The molecule has 1 aromatic carbocycles. The molecule has 26 heavy (non-hydrogen) atoms. The Bertz CT molecular complexity index is 797. The maximum atomic E-state index is 13.3. The number of nitrogens with one attached hydrogen (secondary N) is 2. The molecule has 0 aromatic heterocycles. The minimum Gasteiger partial charge on any atom is -0.463 e. The Labute approximate surface area is 152 Å². The predicted octanol–water partition coefficient (Wildman–Crippen LogP) is 2.29. The highest BCUT2D eigenvalue weighted by atomic mass is 35.5. The molecule has 0 aliphatic carbocycles. The fourth-order valence-electron chi connectivity index (χ4n) is 2.29. The van der Waals surface area contributed by atoms with Gasteiger partial charge in [0, 0.05) is 0 Å². The number of rotatable bonds is 5. The van der Waals surface area contributed by atoms with Crippen molar-refractivity contribution in [2.75, 3.05) is 13.2 Å². The van der Waals surface area contributed by atoms with Crippen LogP contribution < -0.4 is 10.6 Å². The van der Waals surface area contributed by atoms with Crippen molar-refractivity contribution in [1.29, 1.82) is 0 Å². The maximum Gasteiger partial charge on any atom is 0.340 e. The maximum absolute atomic E-state index is 13.3. The van der Waals surface area contributed by atoms with Crippen LogP contribution in [-0.4, -0.2) is 37.2 Å². The molecular weight excluding hydrogens is 374 g/mol. The molecule has 10 heteroatoms. The first-order chi connectivity index (χ1) is 12.2. The molecule has 1 aromatic rings. The Balaban J connectivity index is 2.23. The van der Waals surface area contributed by atoms with Crippen molar-refractivity contribution in [3.05, 3.63) is 45.6 Å². The largest absolute Gasteiger partial charge is 0.463 e. The monoisotopic (exact) mass is 388 g/mol. The van der Waals surface area contributed by atoms with Crippen LogP contribution in [0.1, 0.15) is 24.2 Å². The van der Waals surface area contributed by atoms with Gasteiger partial charge in [0.05, 0.1) is 34.5 Å². The highest BCUT2D eigenvalue weighted by molar-refractivity contribution is 6.33. The molecule has 0 bridgehead atoms. The van der Waals surface area contributed by atoms with Gasteiger partial charge in [-0.25, -0.2) is 23.2 Å². The number of ether oxygens (including phenoxy) is 2. The first-order valence-corrected chi connectivity index (χ1v) is 7.91. The van der Waals surface area contributed by atoms with Crippen molar-refractivity contribution < 1.29 is 32.6 Å². The van der Waals surface area contributed by atoms with E-state index in [1.807, 2.05) is 0 Å². The molecule has 0 fully saturated rings. The van der Waals surface area contributed by atoms with Gasteiger partial charge in [0.2, 0.25) is 0 Å². The van der Waals surface area contributed by atoms with E-state index in [1.165, 1.54) is 0 Å².